The number of amides is 1. The molecule has 0 aromatic heterocycles. The molecule has 2 aromatic carbocycles. The van der Waals surface area contributed by atoms with Gasteiger partial charge in [0.25, 0.3) is 5.91 Å². The zero-order chi connectivity index (χ0) is 19.1. The van der Waals surface area contributed by atoms with Crippen LogP contribution < -0.4 is 5.32 Å². The minimum Gasteiger partial charge on any atom is -0.455 e. The summed E-state index contributed by atoms with van der Waals surface area (Å²) < 4.78 is 5.04. The molecular formula is C20H22ClNO3S. The van der Waals surface area contributed by atoms with Gasteiger partial charge in [0.2, 0.25) is 0 Å². The van der Waals surface area contributed by atoms with Crippen molar-refractivity contribution in [3.63, 3.8) is 0 Å². The van der Waals surface area contributed by atoms with E-state index >= 15 is 0 Å². The number of rotatable bonds is 7. The first-order chi connectivity index (χ1) is 12.3. The van der Waals surface area contributed by atoms with E-state index in [0.717, 1.165) is 10.5 Å². The van der Waals surface area contributed by atoms with E-state index in [1.807, 2.05) is 51.1 Å². The van der Waals surface area contributed by atoms with E-state index in [1.54, 1.807) is 12.1 Å². The topological polar surface area (TPSA) is 55.4 Å². The number of halogens is 1. The summed E-state index contributed by atoms with van der Waals surface area (Å²) in [6.45, 7) is 5.63. The number of carbonyl (C=O) groups is 2. The van der Waals surface area contributed by atoms with Gasteiger partial charge in [0, 0.05) is 9.92 Å². The zero-order valence-electron chi connectivity index (χ0n) is 15.0. The first-order valence-corrected chi connectivity index (χ1v) is 9.62. The second kappa shape index (κ2) is 9.64. The van der Waals surface area contributed by atoms with Gasteiger partial charge in [-0.3, -0.25) is 9.59 Å². The molecule has 0 unspecified atom stereocenters. The summed E-state index contributed by atoms with van der Waals surface area (Å²) >= 11 is 7.34. The smallest absolute Gasteiger partial charge is 0.316 e. The summed E-state index contributed by atoms with van der Waals surface area (Å²) in [6, 6.07) is 13.1. The van der Waals surface area contributed by atoms with Crippen LogP contribution in [0.15, 0.2) is 47.4 Å². The van der Waals surface area contributed by atoms with Gasteiger partial charge in [-0.05, 0) is 61.7 Å². The van der Waals surface area contributed by atoms with Gasteiger partial charge in [0.15, 0.2) is 6.61 Å². The number of hydrogen-bond acceptors (Lipinski definition) is 4. The SMILES string of the molecule is Cc1ccc(SCC(=O)OCC(=O)N[C@H](C)c2cccc(Cl)c2)cc1C. The van der Waals surface area contributed by atoms with Crippen LogP contribution in [0.3, 0.4) is 0 Å². The Hall–Kier alpha value is -1.98. The first kappa shape index (κ1) is 20.3. The van der Waals surface area contributed by atoms with Crippen molar-refractivity contribution >= 4 is 35.2 Å². The Labute approximate surface area is 163 Å². The summed E-state index contributed by atoms with van der Waals surface area (Å²) in [5.41, 5.74) is 3.28. The zero-order valence-corrected chi connectivity index (χ0v) is 16.6. The highest BCUT2D eigenvalue weighted by Gasteiger charge is 2.12. The Kier molecular flexibility index (Phi) is 7.54. The number of hydrogen-bond donors (Lipinski definition) is 1. The Morgan fingerprint density at radius 3 is 2.62 bits per heavy atom. The van der Waals surface area contributed by atoms with Crippen LogP contribution in [0.2, 0.25) is 5.02 Å². The Morgan fingerprint density at radius 1 is 1.15 bits per heavy atom. The number of aryl methyl sites for hydroxylation is 2. The summed E-state index contributed by atoms with van der Waals surface area (Å²) in [7, 11) is 0. The largest absolute Gasteiger partial charge is 0.455 e. The Balaban J connectivity index is 1.74. The normalized spacial score (nSPS) is 11.7. The van der Waals surface area contributed by atoms with Gasteiger partial charge in [-0.15, -0.1) is 11.8 Å². The van der Waals surface area contributed by atoms with Crippen molar-refractivity contribution in [3.8, 4) is 0 Å². The lowest BCUT2D eigenvalue weighted by Gasteiger charge is -2.14. The quantitative estimate of drug-likeness (QED) is 0.558. The molecule has 0 heterocycles. The third-order valence-electron chi connectivity index (χ3n) is 3.93. The van der Waals surface area contributed by atoms with Crippen LogP contribution in [0, 0.1) is 13.8 Å². The van der Waals surface area contributed by atoms with Crippen molar-refractivity contribution in [2.75, 3.05) is 12.4 Å². The van der Waals surface area contributed by atoms with Gasteiger partial charge >= 0.3 is 5.97 Å². The van der Waals surface area contributed by atoms with Crippen LogP contribution in [-0.2, 0) is 14.3 Å². The van der Waals surface area contributed by atoms with Gasteiger partial charge in [-0.25, -0.2) is 0 Å². The Bertz CT molecular complexity index is 794. The lowest BCUT2D eigenvalue weighted by molar-refractivity contribution is -0.146. The number of carbonyl (C=O) groups excluding carboxylic acids is 2. The molecule has 1 N–H and O–H groups in total. The fourth-order valence-corrected chi connectivity index (χ4v) is 3.27. The maximum atomic E-state index is 11.9. The first-order valence-electron chi connectivity index (χ1n) is 8.25. The third kappa shape index (κ3) is 6.39. The number of nitrogens with one attached hydrogen (secondary N) is 1. The van der Waals surface area contributed by atoms with Crippen LogP contribution >= 0.6 is 23.4 Å². The molecule has 0 radical (unpaired) electrons. The minimum absolute atomic E-state index is 0.166. The molecule has 4 nitrogen and oxygen atoms in total. The number of esters is 1. The van der Waals surface area contributed by atoms with E-state index in [9.17, 15) is 9.59 Å². The predicted octanol–water partition coefficient (Wildman–Crippen LogP) is 4.47. The standard InChI is InChI=1S/C20H22ClNO3S/c1-13-7-8-18(9-14(13)2)26-12-20(24)25-11-19(23)22-15(3)16-5-4-6-17(21)10-16/h4-10,15H,11-12H2,1-3H3,(H,22,23)/t15-/m1/s1. The summed E-state index contributed by atoms with van der Waals surface area (Å²) in [5.74, 6) is -0.597. The highest BCUT2D eigenvalue weighted by atomic mass is 35.5. The van der Waals surface area contributed by atoms with Gasteiger partial charge in [-0.1, -0.05) is 29.8 Å². The molecule has 138 valence electrons. The second-order valence-corrected chi connectivity index (χ2v) is 7.52. The van der Waals surface area contributed by atoms with Crippen molar-refractivity contribution in [2.45, 2.75) is 31.7 Å². The van der Waals surface area contributed by atoms with E-state index in [0.29, 0.717) is 5.02 Å². The van der Waals surface area contributed by atoms with Crippen molar-refractivity contribution in [2.24, 2.45) is 0 Å². The molecule has 0 saturated carbocycles. The lowest BCUT2D eigenvalue weighted by atomic mass is 10.1. The third-order valence-corrected chi connectivity index (χ3v) is 5.13. The maximum Gasteiger partial charge on any atom is 0.316 e. The maximum absolute atomic E-state index is 11.9. The second-order valence-electron chi connectivity index (χ2n) is 6.04. The molecule has 2 rings (SSSR count). The van der Waals surface area contributed by atoms with E-state index in [4.69, 9.17) is 16.3 Å². The number of ether oxygens (including phenoxy) is 1. The average molecular weight is 392 g/mol. The molecule has 1 atom stereocenters. The van der Waals surface area contributed by atoms with Crippen LogP contribution in [-0.4, -0.2) is 24.2 Å². The van der Waals surface area contributed by atoms with Crippen molar-refractivity contribution in [1.29, 1.82) is 0 Å². The van der Waals surface area contributed by atoms with E-state index < -0.39 is 5.97 Å². The van der Waals surface area contributed by atoms with Crippen molar-refractivity contribution in [3.05, 3.63) is 64.2 Å². The predicted molar refractivity (Wildman–Crippen MR) is 106 cm³/mol. The summed E-state index contributed by atoms with van der Waals surface area (Å²) in [6.07, 6.45) is 0. The van der Waals surface area contributed by atoms with E-state index in [1.165, 1.54) is 22.9 Å². The molecule has 0 spiro atoms. The molecular weight excluding hydrogens is 370 g/mol. The van der Waals surface area contributed by atoms with Gasteiger partial charge < -0.3 is 10.1 Å². The van der Waals surface area contributed by atoms with E-state index in [2.05, 4.69) is 5.32 Å². The fourth-order valence-electron chi connectivity index (χ4n) is 2.28. The number of thioether (sulfide) groups is 1. The van der Waals surface area contributed by atoms with Crippen LogP contribution in [0.4, 0.5) is 0 Å². The molecule has 2 aromatic rings. The molecule has 0 saturated heterocycles. The molecule has 0 aliphatic heterocycles. The summed E-state index contributed by atoms with van der Waals surface area (Å²) in [4.78, 5) is 24.8. The van der Waals surface area contributed by atoms with Crippen LogP contribution in [0.1, 0.15) is 29.7 Å². The van der Waals surface area contributed by atoms with Crippen molar-refractivity contribution < 1.29 is 14.3 Å². The highest BCUT2D eigenvalue weighted by molar-refractivity contribution is 8.00. The fraction of sp³-hybridized carbons (Fsp3) is 0.300. The summed E-state index contributed by atoms with van der Waals surface area (Å²) in [5, 5.41) is 3.39. The number of benzene rings is 2. The Morgan fingerprint density at radius 2 is 1.92 bits per heavy atom. The molecule has 0 bridgehead atoms. The highest BCUT2D eigenvalue weighted by Crippen LogP contribution is 2.21. The van der Waals surface area contributed by atoms with Gasteiger partial charge in [-0.2, -0.15) is 0 Å². The molecule has 26 heavy (non-hydrogen) atoms. The van der Waals surface area contributed by atoms with Crippen LogP contribution in [0.5, 0.6) is 0 Å². The van der Waals surface area contributed by atoms with Gasteiger partial charge in [0.05, 0.1) is 11.8 Å². The lowest BCUT2D eigenvalue weighted by Crippen LogP contribution is -2.31. The molecule has 6 heteroatoms. The van der Waals surface area contributed by atoms with E-state index in [-0.39, 0.29) is 24.3 Å². The molecule has 0 fully saturated rings. The molecule has 1 amide bonds. The van der Waals surface area contributed by atoms with Crippen LogP contribution in [0.25, 0.3) is 0 Å². The molecule has 0 aliphatic carbocycles. The average Bonchev–Trinajstić information content (AvgIpc) is 2.61. The molecule has 0 aliphatic rings. The minimum atomic E-state index is -0.418. The van der Waals surface area contributed by atoms with Crippen molar-refractivity contribution in [1.82, 2.24) is 5.32 Å². The monoisotopic (exact) mass is 391 g/mol. The van der Waals surface area contributed by atoms with Gasteiger partial charge in [0.1, 0.15) is 0 Å².